The minimum Gasteiger partial charge on any atom is -0.494 e. The molecule has 0 bridgehead atoms. The third kappa shape index (κ3) is 6.10. The highest BCUT2D eigenvalue weighted by Gasteiger charge is 2.29. The lowest BCUT2D eigenvalue weighted by Gasteiger charge is -2.18. The van der Waals surface area contributed by atoms with E-state index < -0.39 is 0 Å². The molecule has 1 aromatic carbocycles. The number of carbonyl (C=O) groups excluding carboxylic acids is 2. The molecule has 0 aliphatic heterocycles. The average molecular weight is 444 g/mol. The van der Waals surface area contributed by atoms with Gasteiger partial charge >= 0.3 is 5.97 Å². The molecule has 5 nitrogen and oxygen atoms in total. The molecule has 0 spiro atoms. The van der Waals surface area contributed by atoms with Gasteiger partial charge in [0.25, 0.3) is 0 Å². The summed E-state index contributed by atoms with van der Waals surface area (Å²) in [6.07, 6.45) is 3.81. The van der Waals surface area contributed by atoms with E-state index in [1.54, 1.807) is 6.92 Å². The summed E-state index contributed by atoms with van der Waals surface area (Å²) in [5.74, 6) is 1.46. The molecule has 31 heavy (non-hydrogen) atoms. The third-order valence-corrected chi connectivity index (χ3v) is 6.78. The molecule has 2 aromatic rings. The Morgan fingerprint density at radius 2 is 1.97 bits per heavy atom. The van der Waals surface area contributed by atoms with E-state index >= 15 is 0 Å². The SMILES string of the molecule is CCOC(=O)c1c(NC(=O)CCCOc2ccc(C(C)C)cc2)sc2c1CCC(C)C2. The number of hydrogen-bond acceptors (Lipinski definition) is 5. The summed E-state index contributed by atoms with van der Waals surface area (Å²) in [5.41, 5.74) is 2.89. The summed E-state index contributed by atoms with van der Waals surface area (Å²) >= 11 is 1.52. The van der Waals surface area contributed by atoms with Crippen molar-refractivity contribution in [2.24, 2.45) is 5.92 Å². The Labute approximate surface area is 189 Å². The summed E-state index contributed by atoms with van der Waals surface area (Å²) < 4.78 is 11.0. The number of rotatable bonds is 9. The molecule has 1 aliphatic carbocycles. The highest BCUT2D eigenvalue weighted by molar-refractivity contribution is 7.17. The second-order valence-electron chi connectivity index (χ2n) is 8.50. The number of amides is 1. The van der Waals surface area contributed by atoms with Gasteiger partial charge < -0.3 is 14.8 Å². The van der Waals surface area contributed by atoms with Crippen LogP contribution in [0.25, 0.3) is 0 Å². The first kappa shape index (κ1) is 23.3. The van der Waals surface area contributed by atoms with E-state index in [0.717, 1.165) is 30.6 Å². The fourth-order valence-electron chi connectivity index (χ4n) is 3.82. The average Bonchev–Trinajstić information content (AvgIpc) is 3.08. The highest BCUT2D eigenvalue weighted by Crippen LogP contribution is 2.40. The number of carbonyl (C=O) groups is 2. The first-order chi connectivity index (χ1) is 14.9. The molecule has 0 fully saturated rings. The van der Waals surface area contributed by atoms with Crippen LogP contribution in [0.1, 0.15) is 79.2 Å². The zero-order chi connectivity index (χ0) is 22.4. The van der Waals surface area contributed by atoms with Gasteiger partial charge in [-0.25, -0.2) is 4.79 Å². The minimum atomic E-state index is -0.335. The lowest BCUT2D eigenvalue weighted by Crippen LogP contribution is -2.17. The van der Waals surface area contributed by atoms with Crippen LogP contribution >= 0.6 is 11.3 Å². The van der Waals surface area contributed by atoms with Crippen LogP contribution in [-0.2, 0) is 22.4 Å². The smallest absolute Gasteiger partial charge is 0.341 e. The topological polar surface area (TPSA) is 64.6 Å². The third-order valence-electron chi connectivity index (χ3n) is 5.61. The molecule has 1 unspecified atom stereocenters. The van der Waals surface area contributed by atoms with E-state index in [0.29, 0.717) is 48.5 Å². The molecule has 3 rings (SSSR count). The lowest BCUT2D eigenvalue weighted by molar-refractivity contribution is -0.116. The van der Waals surface area contributed by atoms with Gasteiger partial charge in [-0.15, -0.1) is 11.3 Å². The minimum absolute atomic E-state index is 0.101. The van der Waals surface area contributed by atoms with Gasteiger partial charge in [-0.1, -0.05) is 32.9 Å². The van der Waals surface area contributed by atoms with E-state index in [9.17, 15) is 9.59 Å². The van der Waals surface area contributed by atoms with Gasteiger partial charge in [0.05, 0.1) is 18.8 Å². The highest BCUT2D eigenvalue weighted by atomic mass is 32.1. The molecule has 6 heteroatoms. The van der Waals surface area contributed by atoms with Crippen molar-refractivity contribution in [3.05, 3.63) is 45.8 Å². The van der Waals surface area contributed by atoms with E-state index in [1.807, 2.05) is 12.1 Å². The Hall–Kier alpha value is -2.34. The Kier molecular flexibility index (Phi) is 8.13. The van der Waals surface area contributed by atoms with Gasteiger partial charge in [0.1, 0.15) is 10.8 Å². The fourth-order valence-corrected chi connectivity index (χ4v) is 5.23. The van der Waals surface area contributed by atoms with Crippen LogP contribution in [0.2, 0.25) is 0 Å². The van der Waals surface area contributed by atoms with Crippen LogP contribution in [0.4, 0.5) is 5.00 Å². The Morgan fingerprint density at radius 1 is 1.23 bits per heavy atom. The second-order valence-corrected chi connectivity index (χ2v) is 9.61. The molecule has 1 atom stereocenters. The number of ether oxygens (including phenoxy) is 2. The van der Waals surface area contributed by atoms with Crippen LogP contribution in [0.3, 0.4) is 0 Å². The van der Waals surface area contributed by atoms with Crippen LogP contribution < -0.4 is 10.1 Å². The van der Waals surface area contributed by atoms with Crippen molar-refractivity contribution in [3.8, 4) is 5.75 Å². The maximum Gasteiger partial charge on any atom is 0.341 e. The van der Waals surface area contributed by atoms with Gasteiger partial charge in [-0.2, -0.15) is 0 Å². The number of nitrogens with one attached hydrogen (secondary N) is 1. The number of esters is 1. The van der Waals surface area contributed by atoms with Gasteiger partial charge in [0.2, 0.25) is 5.91 Å². The van der Waals surface area contributed by atoms with Crippen molar-refractivity contribution in [2.45, 2.75) is 65.7 Å². The Balaban J connectivity index is 1.55. The van der Waals surface area contributed by atoms with E-state index in [4.69, 9.17) is 9.47 Å². The Morgan fingerprint density at radius 3 is 2.65 bits per heavy atom. The molecule has 1 N–H and O–H groups in total. The first-order valence-corrected chi connectivity index (χ1v) is 12.0. The molecule has 1 heterocycles. The number of anilines is 1. The van der Waals surface area contributed by atoms with E-state index in [2.05, 4.69) is 38.2 Å². The van der Waals surface area contributed by atoms with Crippen molar-refractivity contribution in [1.82, 2.24) is 0 Å². The Bertz CT molecular complexity index is 901. The monoisotopic (exact) mass is 443 g/mol. The van der Waals surface area contributed by atoms with E-state index in [-0.39, 0.29) is 11.9 Å². The zero-order valence-corrected chi connectivity index (χ0v) is 19.8. The van der Waals surface area contributed by atoms with Gasteiger partial charge in [-0.05, 0) is 67.7 Å². The van der Waals surface area contributed by atoms with Crippen molar-refractivity contribution in [3.63, 3.8) is 0 Å². The molecular weight excluding hydrogens is 410 g/mol. The van der Waals surface area contributed by atoms with Crippen LogP contribution in [0, 0.1) is 5.92 Å². The van der Waals surface area contributed by atoms with Crippen molar-refractivity contribution < 1.29 is 19.1 Å². The number of fused-ring (bicyclic) bond motifs is 1. The molecule has 0 radical (unpaired) electrons. The number of hydrogen-bond donors (Lipinski definition) is 1. The maximum absolute atomic E-state index is 12.6. The summed E-state index contributed by atoms with van der Waals surface area (Å²) in [6.45, 7) is 9.13. The number of benzene rings is 1. The van der Waals surface area contributed by atoms with Crippen molar-refractivity contribution in [1.29, 1.82) is 0 Å². The first-order valence-electron chi connectivity index (χ1n) is 11.2. The normalized spacial score (nSPS) is 15.5. The molecule has 168 valence electrons. The van der Waals surface area contributed by atoms with Crippen molar-refractivity contribution >= 4 is 28.2 Å². The van der Waals surface area contributed by atoms with E-state index in [1.165, 1.54) is 21.8 Å². The second kappa shape index (κ2) is 10.8. The summed E-state index contributed by atoms with van der Waals surface area (Å²) in [7, 11) is 0. The standard InChI is InChI=1S/C25H33NO4S/c1-5-29-25(28)23-20-13-8-17(4)15-21(20)31-24(23)26-22(27)7-6-14-30-19-11-9-18(10-12-19)16(2)3/h9-12,16-17H,5-8,13-15H2,1-4H3,(H,26,27). The molecule has 1 amide bonds. The summed E-state index contributed by atoms with van der Waals surface area (Å²) in [6, 6.07) is 8.09. The maximum atomic E-state index is 12.6. The summed E-state index contributed by atoms with van der Waals surface area (Å²) in [4.78, 5) is 26.3. The molecule has 0 saturated heterocycles. The molecule has 1 aliphatic rings. The van der Waals surface area contributed by atoms with Gasteiger partial charge in [0, 0.05) is 11.3 Å². The van der Waals surface area contributed by atoms with Crippen LogP contribution in [0.15, 0.2) is 24.3 Å². The van der Waals surface area contributed by atoms with Gasteiger partial charge in [-0.3, -0.25) is 4.79 Å². The van der Waals surface area contributed by atoms with Gasteiger partial charge in [0.15, 0.2) is 0 Å². The quantitative estimate of drug-likeness (QED) is 0.383. The van der Waals surface area contributed by atoms with Crippen LogP contribution in [-0.4, -0.2) is 25.1 Å². The predicted molar refractivity (Wildman–Crippen MR) is 125 cm³/mol. The fraction of sp³-hybridized carbons (Fsp3) is 0.520. The summed E-state index contributed by atoms with van der Waals surface area (Å²) in [5, 5.41) is 3.60. The van der Waals surface area contributed by atoms with Crippen molar-refractivity contribution in [2.75, 3.05) is 18.5 Å². The lowest BCUT2D eigenvalue weighted by atomic mass is 9.88. The zero-order valence-electron chi connectivity index (χ0n) is 19.0. The molecule has 1 aromatic heterocycles. The largest absolute Gasteiger partial charge is 0.494 e. The molecular formula is C25H33NO4S. The number of thiophene rings is 1. The van der Waals surface area contributed by atoms with Crippen LogP contribution in [0.5, 0.6) is 5.75 Å². The molecule has 0 saturated carbocycles. The predicted octanol–water partition coefficient (Wildman–Crippen LogP) is 5.97.